The molecule has 0 radical (unpaired) electrons. The van der Waals surface area contributed by atoms with E-state index in [4.69, 9.17) is 0 Å². The van der Waals surface area contributed by atoms with Crippen LogP contribution in [0.4, 0.5) is 0 Å². The molecule has 0 aliphatic heterocycles. The molecule has 1 aromatic heterocycles. The zero-order chi connectivity index (χ0) is 9.42. The highest BCUT2D eigenvalue weighted by Crippen LogP contribution is 2.23. The minimum absolute atomic E-state index is 0.885. The zero-order valence-corrected chi connectivity index (χ0v) is 10.2. The Labute approximate surface area is 93.4 Å². The van der Waals surface area contributed by atoms with Crippen LogP contribution in [0.25, 0.3) is 10.9 Å². The molecule has 0 unspecified atom stereocenters. The van der Waals surface area contributed by atoms with E-state index in [0.717, 1.165) is 14.6 Å². The van der Waals surface area contributed by atoms with Crippen LogP contribution < -0.4 is 0 Å². The van der Waals surface area contributed by atoms with Gasteiger partial charge in [0.15, 0.2) is 0 Å². The lowest BCUT2D eigenvalue weighted by Crippen LogP contribution is -1.84. The van der Waals surface area contributed by atoms with Gasteiger partial charge >= 0.3 is 0 Å². The predicted octanol–water partition coefficient (Wildman–Crippen LogP) is 4.07. The van der Waals surface area contributed by atoms with Gasteiger partial charge in [0.2, 0.25) is 0 Å². The molecule has 0 amide bonds. The van der Waals surface area contributed by atoms with Crippen molar-refractivity contribution in [2.24, 2.45) is 0 Å². The maximum atomic E-state index is 4.38. The number of hydrogen-bond acceptors (Lipinski definition) is 1. The summed E-state index contributed by atoms with van der Waals surface area (Å²) in [6.45, 7) is 2.09. The van der Waals surface area contributed by atoms with Crippen molar-refractivity contribution in [3.8, 4) is 0 Å². The molecule has 0 saturated heterocycles. The molecule has 0 aliphatic rings. The highest BCUT2D eigenvalue weighted by molar-refractivity contribution is 9.10. The van der Waals surface area contributed by atoms with Gasteiger partial charge in [0, 0.05) is 9.86 Å². The molecule has 3 heteroatoms. The minimum atomic E-state index is 0.885. The van der Waals surface area contributed by atoms with Gasteiger partial charge in [0.1, 0.15) is 4.60 Å². The van der Waals surface area contributed by atoms with Crippen molar-refractivity contribution in [2.75, 3.05) is 0 Å². The summed E-state index contributed by atoms with van der Waals surface area (Å²) in [5.74, 6) is 0. The molecule has 13 heavy (non-hydrogen) atoms. The van der Waals surface area contributed by atoms with E-state index in [-0.39, 0.29) is 0 Å². The number of hydrogen-bond donors (Lipinski definition) is 0. The molecule has 0 bridgehead atoms. The van der Waals surface area contributed by atoms with Crippen LogP contribution in [0.3, 0.4) is 0 Å². The summed E-state index contributed by atoms with van der Waals surface area (Å²) in [6, 6.07) is 8.16. The maximum Gasteiger partial charge on any atom is 0.107 e. The fourth-order valence-corrected chi connectivity index (χ4v) is 2.22. The molecule has 0 fully saturated rings. The van der Waals surface area contributed by atoms with Crippen LogP contribution >= 0.6 is 31.9 Å². The van der Waals surface area contributed by atoms with Gasteiger partial charge in [-0.3, -0.25) is 0 Å². The maximum absolute atomic E-state index is 4.38. The number of aryl methyl sites for hydroxylation is 1. The van der Waals surface area contributed by atoms with Gasteiger partial charge in [0.25, 0.3) is 0 Å². The first kappa shape index (κ1) is 9.16. The Balaban J connectivity index is 2.86. The van der Waals surface area contributed by atoms with Gasteiger partial charge in [-0.2, -0.15) is 0 Å². The lowest BCUT2D eigenvalue weighted by atomic mass is 10.1. The van der Waals surface area contributed by atoms with E-state index in [1.165, 1.54) is 10.9 Å². The topological polar surface area (TPSA) is 12.9 Å². The quantitative estimate of drug-likeness (QED) is 0.668. The van der Waals surface area contributed by atoms with Crippen LogP contribution in [0.15, 0.2) is 33.3 Å². The van der Waals surface area contributed by atoms with Gasteiger partial charge in [-0.15, -0.1) is 0 Å². The number of halogens is 2. The molecule has 1 nitrogen and oxygen atoms in total. The number of pyridine rings is 1. The van der Waals surface area contributed by atoms with E-state index in [9.17, 15) is 0 Å². The summed E-state index contributed by atoms with van der Waals surface area (Å²) in [4.78, 5) is 4.38. The average molecular weight is 301 g/mol. The molecule has 0 N–H and O–H groups in total. The summed E-state index contributed by atoms with van der Waals surface area (Å²) >= 11 is 6.81. The van der Waals surface area contributed by atoms with Gasteiger partial charge in [0.05, 0.1) is 5.52 Å². The Morgan fingerprint density at radius 1 is 1.15 bits per heavy atom. The molecule has 0 spiro atoms. The number of nitrogens with zero attached hydrogens (tertiary/aromatic N) is 1. The third-order valence-electron chi connectivity index (χ3n) is 1.95. The second kappa shape index (κ2) is 3.39. The van der Waals surface area contributed by atoms with Gasteiger partial charge in [-0.05, 0) is 46.6 Å². The normalized spacial score (nSPS) is 10.7. The number of rotatable bonds is 0. The molecule has 1 heterocycles. The van der Waals surface area contributed by atoms with Crippen molar-refractivity contribution >= 4 is 42.8 Å². The fourth-order valence-electron chi connectivity index (χ4n) is 1.33. The van der Waals surface area contributed by atoms with Crippen LogP contribution in [0.1, 0.15) is 5.56 Å². The largest absolute Gasteiger partial charge is 0.241 e. The first-order valence-corrected chi connectivity index (χ1v) is 5.48. The van der Waals surface area contributed by atoms with Crippen molar-refractivity contribution in [3.63, 3.8) is 0 Å². The minimum Gasteiger partial charge on any atom is -0.241 e. The van der Waals surface area contributed by atoms with Crippen LogP contribution in [-0.4, -0.2) is 4.98 Å². The van der Waals surface area contributed by atoms with Crippen LogP contribution in [0.5, 0.6) is 0 Å². The Morgan fingerprint density at radius 3 is 2.69 bits per heavy atom. The lowest BCUT2D eigenvalue weighted by Gasteiger charge is -2.02. The van der Waals surface area contributed by atoms with Crippen molar-refractivity contribution in [1.29, 1.82) is 0 Å². The van der Waals surface area contributed by atoms with Gasteiger partial charge < -0.3 is 0 Å². The molecule has 2 aromatic rings. The molecule has 2 rings (SSSR count). The van der Waals surface area contributed by atoms with Crippen molar-refractivity contribution < 1.29 is 0 Å². The molecule has 0 aliphatic carbocycles. The highest BCUT2D eigenvalue weighted by atomic mass is 79.9. The summed E-state index contributed by atoms with van der Waals surface area (Å²) < 4.78 is 1.95. The standard InChI is InChI=1S/C10H7Br2N/c1-6-4-10(12)13-9-5-7(11)2-3-8(6)9/h2-5H,1H3. The van der Waals surface area contributed by atoms with Crippen LogP contribution in [-0.2, 0) is 0 Å². The van der Waals surface area contributed by atoms with E-state index in [2.05, 4.69) is 49.8 Å². The molecule has 1 aromatic carbocycles. The highest BCUT2D eigenvalue weighted by Gasteiger charge is 2.00. The van der Waals surface area contributed by atoms with E-state index in [0.29, 0.717) is 0 Å². The SMILES string of the molecule is Cc1cc(Br)nc2cc(Br)ccc12. The third-order valence-corrected chi connectivity index (χ3v) is 2.85. The Hall–Kier alpha value is -0.410. The van der Waals surface area contributed by atoms with E-state index in [1.54, 1.807) is 0 Å². The second-order valence-corrected chi connectivity index (χ2v) is 4.65. The fraction of sp³-hybridized carbons (Fsp3) is 0.100. The first-order valence-electron chi connectivity index (χ1n) is 3.89. The molecule has 0 saturated carbocycles. The van der Waals surface area contributed by atoms with E-state index < -0.39 is 0 Å². The molecule has 0 atom stereocenters. The smallest absolute Gasteiger partial charge is 0.107 e. The predicted molar refractivity (Wildman–Crippen MR) is 61.9 cm³/mol. The Kier molecular flexibility index (Phi) is 2.39. The van der Waals surface area contributed by atoms with Crippen molar-refractivity contribution in [2.45, 2.75) is 6.92 Å². The first-order chi connectivity index (χ1) is 6.16. The summed E-state index contributed by atoms with van der Waals surface area (Å²) in [5, 5.41) is 1.20. The second-order valence-electron chi connectivity index (χ2n) is 2.92. The summed E-state index contributed by atoms with van der Waals surface area (Å²) in [6.07, 6.45) is 0. The Bertz CT molecular complexity index is 460. The summed E-state index contributed by atoms with van der Waals surface area (Å²) in [7, 11) is 0. The van der Waals surface area contributed by atoms with Gasteiger partial charge in [-0.1, -0.05) is 22.0 Å². The monoisotopic (exact) mass is 299 g/mol. The molecule has 66 valence electrons. The third kappa shape index (κ3) is 1.76. The summed E-state index contributed by atoms with van der Waals surface area (Å²) in [5.41, 5.74) is 2.26. The number of fused-ring (bicyclic) bond motifs is 1. The lowest BCUT2D eigenvalue weighted by molar-refractivity contribution is 1.31. The average Bonchev–Trinajstić information content (AvgIpc) is 2.02. The zero-order valence-electron chi connectivity index (χ0n) is 7.01. The van der Waals surface area contributed by atoms with E-state index in [1.807, 2.05) is 18.2 Å². The van der Waals surface area contributed by atoms with Crippen molar-refractivity contribution in [1.82, 2.24) is 4.98 Å². The Morgan fingerprint density at radius 2 is 1.92 bits per heavy atom. The van der Waals surface area contributed by atoms with Gasteiger partial charge in [-0.25, -0.2) is 4.98 Å². The van der Waals surface area contributed by atoms with Crippen LogP contribution in [0, 0.1) is 6.92 Å². The molecular formula is C10H7Br2N. The number of benzene rings is 1. The van der Waals surface area contributed by atoms with E-state index >= 15 is 0 Å². The molecular weight excluding hydrogens is 294 g/mol. The number of aromatic nitrogens is 1. The van der Waals surface area contributed by atoms with Crippen molar-refractivity contribution in [3.05, 3.63) is 38.9 Å². The van der Waals surface area contributed by atoms with Crippen LogP contribution in [0.2, 0.25) is 0 Å².